The maximum Gasteiger partial charge on any atom is 0.239 e. The van der Waals surface area contributed by atoms with E-state index < -0.39 is 0 Å². The Morgan fingerprint density at radius 3 is 2.73 bits per heavy atom. The monoisotopic (exact) mass is 213 g/mol. The van der Waals surface area contributed by atoms with E-state index in [0.29, 0.717) is 6.54 Å². The molecule has 1 atom stereocenters. The first-order valence-electron chi connectivity index (χ1n) is 5.52. The Kier molecular flexibility index (Phi) is 5.10. The predicted octanol–water partition coefficient (Wildman–Crippen LogP) is -0.619. The molecular formula is C10H19N3O2. The van der Waals surface area contributed by atoms with Crippen molar-refractivity contribution < 1.29 is 9.59 Å². The van der Waals surface area contributed by atoms with Crippen molar-refractivity contribution in [2.75, 3.05) is 19.6 Å². The SMILES string of the molecule is CCNC(=O)CNC(=O)[C@@H]1CCCCN1. The van der Waals surface area contributed by atoms with Crippen molar-refractivity contribution in [1.82, 2.24) is 16.0 Å². The molecular weight excluding hydrogens is 194 g/mol. The van der Waals surface area contributed by atoms with Crippen molar-refractivity contribution in [2.45, 2.75) is 32.2 Å². The van der Waals surface area contributed by atoms with E-state index in [2.05, 4.69) is 16.0 Å². The third-order valence-corrected chi connectivity index (χ3v) is 2.42. The zero-order valence-corrected chi connectivity index (χ0v) is 9.14. The van der Waals surface area contributed by atoms with Crippen LogP contribution in [0.2, 0.25) is 0 Å². The molecule has 1 saturated heterocycles. The molecule has 0 bridgehead atoms. The quantitative estimate of drug-likeness (QED) is 0.583. The van der Waals surface area contributed by atoms with E-state index in [1.165, 1.54) is 0 Å². The molecule has 15 heavy (non-hydrogen) atoms. The van der Waals surface area contributed by atoms with Crippen LogP contribution in [-0.4, -0.2) is 37.5 Å². The van der Waals surface area contributed by atoms with Crippen LogP contribution in [0.25, 0.3) is 0 Å². The molecule has 3 N–H and O–H groups in total. The number of hydrogen-bond donors (Lipinski definition) is 3. The number of hydrogen-bond acceptors (Lipinski definition) is 3. The first-order chi connectivity index (χ1) is 7.24. The minimum atomic E-state index is -0.137. The van der Waals surface area contributed by atoms with Gasteiger partial charge in [-0.05, 0) is 26.3 Å². The summed E-state index contributed by atoms with van der Waals surface area (Å²) in [5.74, 6) is -0.206. The van der Waals surface area contributed by atoms with Gasteiger partial charge >= 0.3 is 0 Å². The van der Waals surface area contributed by atoms with E-state index in [1.54, 1.807) is 0 Å². The molecule has 0 aromatic rings. The first kappa shape index (κ1) is 12.0. The number of amides is 2. The number of carbonyl (C=O) groups is 2. The molecule has 0 aliphatic carbocycles. The summed E-state index contributed by atoms with van der Waals surface area (Å²) in [6.45, 7) is 3.41. The number of likely N-dealkylation sites (N-methyl/N-ethyl adjacent to an activating group) is 1. The first-order valence-corrected chi connectivity index (χ1v) is 5.52. The normalized spacial score (nSPS) is 20.7. The molecule has 86 valence electrons. The zero-order chi connectivity index (χ0) is 11.1. The third-order valence-electron chi connectivity index (χ3n) is 2.42. The molecule has 1 aliphatic rings. The average molecular weight is 213 g/mol. The molecule has 0 spiro atoms. The maximum atomic E-state index is 11.6. The van der Waals surface area contributed by atoms with E-state index in [0.717, 1.165) is 25.8 Å². The fraction of sp³-hybridized carbons (Fsp3) is 0.800. The standard InChI is InChI=1S/C10H19N3O2/c1-2-11-9(14)7-13-10(15)8-5-3-4-6-12-8/h8,12H,2-7H2,1H3,(H,11,14)(H,13,15)/t8-/m0/s1. The third kappa shape index (κ3) is 4.29. The van der Waals surface area contributed by atoms with Gasteiger partial charge in [0.1, 0.15) is 0 Å². The predicted molar refractivity (Wildman–Crippen MR) is 57.3 cm³/mol. The van der Waals surface area contributed by atoms with Crippen LogP contribution in [0.4, 0.5) is 0 Å². The lowest BCUT2D eigenvalue weighted by molar-refractivity contribution is -0.127. The fourth-order valence-corrected chi connectivity index (χ4v) is 1.63. The Hall–Kier alpha value is -1.10. The van der Waals surface area contributed by atoms with Gasteiger partial charge < -0.3 is 16.0 Å². The highest BCUT2D eigenvalue weighted by Gasteiger charge is 2.20. The molecule has 1 heterocycles. The molecule has 1 aliphatic heterocycles. The second-order valence-corrected chi connectivity index (χ2v) is 3.67. The van der Waals surface area contributed by atoms with Gasteiger partial charge in [0.2, 0.25) is 11.8 Å². The minimum Gasteiger partial charge on any atom is -0.355 e. The molecule has 1 rings (SSSR count). The van der Waals surface area contributed by atoms with E-state index >= 15 is 0 Å². The van der Waals surface area contributed by atoms with Crippen LogP contribution in [0.3, 0.4) is 0 Å². The number of carbonyl (C=O) groups excluding carboxylic acids is 2. The molecule has 0 radical (unpaired) electrons. The number of nitrogens with one attached hydrogen (secondary N) is 3. The lowest BCUT2D eigenvalue weighted by atomic mass is 10.0. The van der Waals surface area contributed by atoms with Crippen LogP contribution < -0.4 is 16.0 Å². The van der Waals surface area contributed by atoms with E-state index in [1.807, 2.05) is 6.92 Å². The van der Waals surface area contributed by atoms with Gasteiger partial charge in [0.15, 0.2) is 0 Å². The van der Waals surface area contributed by atoms with Gasteiger partial charge in [-0.15, -0.1) is 0 Å². The van der Waals surface area contributed by atoms with Gasteiger partial charge in [0.25, 0.3) is 0 Å². The summed E-state index contributed by atoms with van der Waals surface area (Å²) in [6, 6.07) is -0.117. The van der Waals surface area contributed by atoms with Crippen molar-refractivity contribution in [3.8, 4) is 0 Å². The van der Waals surface area contributed by atoms with E-state index in [9.17, 15) is 9.59 Å². The topological polar surface area (TPSA) is 70.2 Å². The van der Waals surface area contributed by atoms with Crippen molar-refractivity contribution in [3.05, 3.63) is 0 Å². The molecule has 1 fully saturated rings. The van der Waals surface area contributed by atoms with Gasteiger partial charge in [-0.2, -0.15) is 0 Å². The Morgan fingerprint density at radius 2 is 2.13 bits per heavy atom. The molecule has 5 nitrogen and oxygen atoms in total. The Labute approximate surface area is 90.0 Å². The summed E-state index contributed by atoms with van der Waals surface area (Å²) < 4.78 is 0. The van der Waals surface area contributed by atoms with Gasteiger partial charge in [0.05, 0.1) is 12.6 Å². The van der Waals surface area contributed by atoms with Crippen molar-refractivity contribution in [3.63, 3.8) is 0 Å². The van der Waals surface area contributed by atoms with Crippen LogP contribution in [0.5, 0.6) is 0 Å². The second-order valence-electron chi connectivity index (χ2n) is 3.67. The number of piperidine rings is 1. The summed E-state index contributed by atoms with van der Waals surface area (Å²) in [4.78, 5) is 22.6. The summed E-state index contributed by atoms with van der Waals surface area (Å²) in [6.07, 6.45) is 3.06. The molecule has 5 heteroatoms. The van der Waals surface area contributed by atoms with E-state index in [-0.39, 0.29) is 24.4 Å². The largest absolute Gasteiger partial charge is 0.355 e. The highest BCUT2D eigenvalue weighted by Crippen LogP contribution is 2.06. The highest BCUT2D eigenvalue weighted by atomic mass is 16.2. The van der Waals surface area contributed by atoms with Crippen LogP contribution in [0, 0.1) is 0 Å². The highest BCUT2D eigenvalue weighted by molar-refractivity contribution is 5.87. The van der Waals surface area contributed by atoms with Gasteiger partial charge in [0, 0.05) is 6.54 Å². The summed E-state index contributed by atoms with van der Waals surface area (Å²) in [7, 11) is 0. The smallest absolute Gasteiger partial charge is 0.239 e. The summed E-state index contributed by atoms with van der Waals surface area (Å²) >= 11 is 0. The van der Waals surface area contributed by atoms with Crippen molar-refractivity contribution in [2.24, 2.45) is 0 Å². The average Bonchev–Trinajstić information content (AvgIpc) is 2.27. The number of rotatable bonds is 4. The van der Waals surface area contributed by atoms with Crippen LogP contribution in [-0.2, 0) is 9.59 Å². The minimum absolute atomic E-state index is 0.0686. The molecule has 0 unspecified atom stereocenters. The summed E-state index contributed by atoms with van der Waals surface area (Å²) in [5.41, 5.74) is 0. The Morgan fingerprint density at radius 1 is 1.33 bits per heavy atom. The second kappa shape index (κ2) is 6.40. The molecule has 2 amide bonds. The van der Waals surface area contributed by atoms with Gasteiger partial charge in [-0.1, -0.05) is 6.42 Å². The zero-order valence-electron chi connectivity index (χ0n) is 9.14. The lowest BCUT2D eigenvalue weighted by Gasteiger charge is -2.22. The molecule has 0 saturated carbocycles. The fourth-order valence-electron chi connectivity index (χ4n) is 1.63. The molecule has 0 aromatic heterocycles. The Bertz CT molecular complexity index is 225. The van der Waals surface area contributed by atoms with Crippen LogP contribution in [0.15, 0.2) is 0 Å². The van der Waals surface area contributed by atoms with Crippen LogP contribution >= 0.6 is 0 Å². The van der Waals surface area contributed by atoms with Gasteiger partial charge in [-0.3, -0.25) is 9.59 Å². The summed E-state index contributed by atoms with van der Waals surface area (Å²) in [5, 5.41) is 8.38. The van der Waals surface area contributed by atoms with Crippen molar-refractivity contribution in [1.29, 1.82) is 0 Å². The van der Waals surface area contributed by atoms with E-state index in [4.69, 9.17) is 0 Å². The Balaban J connectivity index is 2.19. The maximum absolute atomic E-state index is 11.6. The van der Waals surface area contributed by atoms with Gasteiger partial charge in [-0.25, -0.2) is 0 Å². The molecule has 0 aromatic carbocycles. The van der Waals surface area contributed by atoms with Crippen molar-refractivity contribution >= 4 is 11.8 Å². The lowest BCUT2D eigenvalue weighted by Crippen LogP contribution is -2.48. The van der Waals surface area contributed by atoms with Crippen LogP contribution in [0.1, 0.15) is 26.2 Å².